The maximum absolute atomic E-state index is 10.6. The summed E-state index contributed by atoms with van der Waals surface area (Å²) in [5.74, 6) is 0.308. The van der Waals surface area contributed by atoms with Crippen molar-refractivity contribution in [2.75, 3.05) is 45.5 Å². The number of rotatable bonds is 6. The fourth-order valence-corrected chi connectivity index (χ4v) is 3.16. The van der Waals surface area contributed by atoms with Crippen LogP contribution >= 0.6 is 11.8 Å². The molecular weight excluding hydrogens is 272 g/mol. The van der Waals surface area contributed by atoms with Gasteiger partial charge in [-0.05, 0) is 24.7 Å². The van der Waals surface area contributed by atoms with E-state index in [9.17, 15) is 4.79 Å². The second-order valence-electron chi connectivity index (χ2n) is 5.21. The van der Waals surface area contributed by atoms with Gasteiger partial charge in [0.05, 0.1) is 6.42 Å². The fourth-order valence-electron chi connectivity index (χ4n) is 2.24. The molecule has 0 radical (unpaired) electrons. The number of carbonyl (C=O) groups is 1. The summed E-state index contributed by atoms with van der Waals surface area (Å²) < 4.78 is 0. The third-order valence-corrected chi connectivity index (χ3v) is 4.54. The van der Waals surface area contributed by atoms with Gasteiger partial charge in [0.15, 0.2) is 0 Å². The van der Waals surface area contributed by atoms with Crippen LogP contribution in [0.2, 0.25) is 0 Å². The summed E-state index contributed by atoms with van der Waals surface area (Å²) in [6.45, 7) is 5.77. The van der Waals surface area contributed by atoms with Crippen LogP contribution in [0.1, 0.15) is 5.56 Å². The highest BCUT2D eigenvalue weighted by Crippen LogP contribution is 2.19. The normalized spacial score (nSPS) is 17.2. The number of benzene rings is 1. The largest absolute Gasteiger partial charge is 0.481 e. The minimum absolute atomic E-state index is 0.103. The zero-order valence-corrected chi connectivity index (χ0v) is 12.7. The maximum atomic E-state index is 10.6. The fraction of sp³-hybridized carbons (Fsp3) is 0.533. The first kappa shape index (κ1) is 15.4. The van der Waals surface area contributed by atoms with Crippen molar-refractivity contribution in [2.24, 2.45) is 0 Å². The molecule has 0 unspecified atom stereocenters. The number of carboxylic acid groups (broad SMARTS) is 1. The van der Waals surface area contributed by atoms with Gasteiger partial charge in [0, 0.05) is 43.4 Å². The molecule has 0 spiro atoms. The van der Waals surface area contributed by atoms with Crippen LogP contribution in [0.3, 0.4) is 0 Å². The molecule has 20 heavy (non-hydrogen) atoms. The highest BCUT2D eigenvalue weighted by Gasteiger charge is 2.12. The molecule has 1 fully saturated rings. The van der Waals surface area contributed by atoms with Gasteiger partial charge in [-0.1, -0.05) is 12.1 Å². The van der Waals surface area contributed by atoms with E-state index in [1.165, 1.54) is 4.90 Å². The Kier molecular flexibility index (Phi) is 5.88. The van der Waals surface area contributed by atoms with Crippen LogP contribution in [-0.4, -0.2) is 66.4 Å². The molecule has 1 heterocycles. The van der Waals surface area contributed by atoms with Crippen LogP contribution in [0.4, 0.5) is 0 Å². The van der Waals surface area contributed by atoms with E-state index in [0.717, 1.165) is 44.0 Å². The van der Waals surface area contributed by atoms with Crippen LogP contribution in [0.25, 0.3) is 0 Å². The van der Waals surface area contributed by atoms with E-state index in [2.05, 4.69) is 16.8 Å². The molecule has 110 valence electrons. The van der Waals surface area contributed by atoms with Gasteiger partial charge in [-0.15, -0.1) is 11.8 Å². The van der Waals surface area contributed by atoms with Crippen LogP contribution in [0.15, 0.2) is 29.2 Å². The van der Waals surface area contributed by atoms with Crippen LogP contribution < -0.4 is 0 Å². The Morgan fingerprint density at radius 2 is 1.85 bits per heavy atom. The molecule has 5 heteroatoms. The molecule has 0 aliphatic carbocycles. The lowest BCUT2D eigenvalue weighted by molar-refractivity contribution is -0.136. The number of carboxylic acids is 1. The molecule has 0 saturated carbocycles. The Bertz CT molecular complexity index is 428. The van der Waals surface area contributed by atoms with Gasteiger partial charge in [-0.2, -0.15) is 0 Å². The standard InChI is InChI=1S/C15H22N2O2S/c1-16-6-8-17(9-7-16)10-11-20-14-4-2-13(3-5-14)12-15(18)19/h2-5H,6-12H2,1H3,(H,18,19). The summed E-state index contributed by atoms with van der Waals surface area (Å²) >= 11 is 1.84. The van der Waals surface area contributed by atoms with Gasteiger partial charge in [0.1, 0.15) is 0 Å². The Morgan fingerprint density at radius 3 is 2.45 bits per heavy atom. The van der Waals surface area contributed by atoms with Crippen molar-refractivity contribution in [3.8, 4) is 0 Å². The monoisotopic (exact) mass is 294 g/mol. The van der Waals surface area contributed by atoms with Crippen molar-refractivity contribution in [1.29, 1.82) is 0 Å². The van der Waals surface area contributed by atoms with E-state index >= 15 is 0 Å². The van der Waals surface area contributed by atoms with Crippen molar-refractivity contribution in [3.63, 3.8) is 0 Å². The lowest BCUT2D eigenvalue weighted by Gasteiger charge is -2.32. The van der Waals surface area contributed by atoms with Crippen LogP contribution in [0, 0.1) is 0 Å². The minimum atomic E-state index is -0.777. The van der Waals surface area contributed by atoms with Crippen molar-refractivity contribution >= 4 is 17.7 Å². The van der Waals surface area contributed by atoms with Gasteiger partial charge in [-0.3, -0.25) is 9.69 Å². The van der Waals surface area contributed by atoms with E-state index in [1.807, 2.05) is 36.0 Å². The van der Waals surface area contributed by atoms with E-state index in [4.69, 9.17) is 5.11 Å². The lowest BCUT2D eigenvalue weighted by atomic mass is 10.2. The highest BCUT2D eigenvalue weighted by atomic mass is 32.2. The number of thioether (sulfide) groups is 1. The zero-order chi connectivity index (χ0) is 14.4. The molecule has 1 saturated heterocycles. The van der Waals surface area contributed by atoms with Gasteiger partial charge in [-0.25, -0.2) is 0 Å². The molecule has 1 aromatic carbocycles. The summed E-state index contributed by atoms with van der Waals surface area (Å²) in [5.41, 5.74) is 0.862. The predicted molar refractivity (Wildman–Crippen MR) is 82.4 cm³/mol. The first-order valence-electron chi connectivity index (χ1n) is 6.98. The van der Waals surface area contributed by atoms with Crippen molar-refractivity contribution in [2.45, 2.75) is 11.3 Å². The Labute approximate surface area is 124 Å². The third-order valence-electron chi connectivity index (χ3n) is 3.55. The second-order valence-corrected chi connectivity index (χ2v) is 6.38. The number of piperazine rings is 1. The average Bonchev–Trinajstić information content (AvgIpc) is 2.42. The van der Waals surface area contributed by atoms with Crippen molar-refractivity contribution < 1.29 is 9.90 Å². The van der Waals surface area contributed by atoms with Crippen LogP contribution in [0.5, 0.6) is 0 Å². The molecule has 1 aromatic rings. The molecule has 2 rings (SSSR count). The first-order valence-corrected chi connectivity index (χ1v) is 7.96. The molecular formula is C15H22N2O2S. The van der Waals surface area contributed by atoms with E-state index < -0.39 is 5.97 Å². The molecule has 0 bridgehead atoms. The number of likely N-dealkylation sites (N-methyl/N-ethyl adjacent to an activating group) is 1. The Balaban J connectivity index is 1.70. The SMILES string of the molecule is CN1CCN(CCSc2ccc(CC(=O)O)cc2)CC1. The van der Waals surface area contributed by atoms with Gasteiger partial charge < -0.3 is 10.0 Å². The molecule has 1 aliphatic rings. The number of aliphatic carboxylic acids is 1. The zero-order valence-electron chi connectivity index (χ0n) is 11.9. The molecule has 1 aliphatic heterocycles. The summed E-state index contributed by atoms with van der Waals surface area (Å²) in [7, 11) is 2.17. The van der Waals surface area contributed by atoms with E-state index in [-0.39, 0.29) is 6.42 Å². The molecule has 0 atom stereocenters. The second kappa shape index (κ2) is 7.67. The Hall–Kier alpha value is -1.04. The van der Waals surface area contributed by atoms with Crippen LogP contribution in [-0.2, 0) is 11.2 Å². The third kappa shape index (κ3) is 5.15. The summed E-state index contributed by atoms with van der Waals surface area (Å²) in [4.78, 5) is 16.7. The lowest BCUT2D eigenvalue weighted by Crippen LogP contribution is -2.45. The number of nitrogens with zero attached hydrogens (tertiary/aromatic N) is 2. The maximum Gasteiger partial charge on any atom is 0.307 e. The minimum Gasteiger partial charge on any atom is -0.481 e. The highest BCUT2D eigenvalue weighted by molar-refractivity contribution is 7.99. The van der Waals surface area contributed by atoms with Crippen molar-refractivity contribution in [1.82, 2.24) is 9.80 Å². The Morgan fingerprint density at radius 1 is 1.20 bits per heavy atom. The van der Waals surface area contributed by atoms with Gasteiger partial charge in [0.25, 0.3) is 0 Å². The quantitative estimate of drug-likeness (QED) is 0.808. The first-order chi connectivity index (χ1) is 9.63. The van der Waals surface area contributed by atoms with E-state index in [1.54, 1.807) is 0 Å². The number of hydrogen-bond donors (Lipinski definition) is 1. The summed E-state index contributed by atoms with van der Waals surface area (Å²) in [6.07, 6.45) is 0.103. The molecule has 0 amide bonds. The average molecular weight is 294 g/mol. The summed E-state index contributed by atoms with van der Waals surface area (Å²) in [5, 5.41) is 8.73. The van der Waals surface area contributed by atoms with Gasteiger partial charge in [0.2, 0.25) is 0 Å². The van der Waals surface area contributed by atoms with Gasteiger partial charge >= 0.3 is 5.97 Å². The van der Waals surface area contributed by atoms with Crippen molar-refractivity contribution in [3.05, 3.63) is 29.8 Å². The summed E-state index contributed by atoms with van der Waals surface area (Å²) in [6, 6.07) is 7.86. The number of hydrogen-bond acceptors (Lipinski definition) is 4. The smallest absolute Gasteiger partial charge is 0.307 e. The predicted octanol–water partition coefficient (Wildman–Crippen LogP) is 1.65. The molecule has 0 aromatic heterocycles. The van der Waals surface area contributed by atoms with E-state index in [0.29, 0.717) is 0 Å². The molecule has 1 N–H and O–H groups in total. The molecule has 4 nitrogen and oxygen atoms in total. The topological polar surface area (TPSA) is 43.8 Å².